The summed E-state index contributed by atoms with van der Waals surface area (Å²) in [5, 5.41) is 0. The van der Waals surface area contributed by atoms with Crippen molar-refractivity contribution >= 4 is 15.9 Å². The normalized spacial score (nSPS) is 13.3. The first kappa shape index (κ1) is 21.6. The van der Waals surface area contributed by atoms with Gasteiger partial charge in [0.1, 0.15) is 12.9 Å². The molecule has 0 saturated heterocycles. The largest absolute Gasteiger partial charge is 0.534 e. The molecule has 0 heterocycles. The molecule has 11 heteroatoms. The van der Waals surface area contributed by atoms with Crippen molar-refractivity contribution in [2.75, 3.05) is 0 Å². The molecule has 0 bridgehead atoms. The van der Waals surface area contributed by atoms with Gasteiger partial charge in [-0.25, -0.2) is 0 Å². The van der Waals surface area contributed by atoms with Crippen LogP contribution in [-0.4, -0.2) is 13.9 Å². The Hall–Kier alpha value is -2.69. The van der Waals surface area contributed by atoms with Gasteiger partial charge in [-0.3, -0.25) is 0 Å². The van der Waals surface area contributed by atoms with Gasteiger partial charge < -0.3 is 8.92 Å². The fourth-order valence-electron chi connectivity index (χ4n) is 1.91. The first-order valence-corrected chi connectivity index (χ1v) is 8.85. The molecule has 0 aliphatic rings. The van der Waals surface area contributed by atoms with E-state index in [1.165, 1.54) is 0 Å². The lowest BCUT2D eigenvalue weighted by molar-refractivity contribution is -0.137. The second kappa shape index (κ2) is 8.13. The number of hydrogen-bond donors (Lipinski definition) is 0. The predicted octanol–water partition coefficient (Wildman–Crippen LogP) is 5.09. The Morgan fingerprint density at radius 1 is 0.893 bits per heavy atom. The maximum atomic E-state index is 12.6. The molecular formula is C17H12F6O4S. The molecule has 152 valence electrons. The Morgan fingerprint density at radius 3 is 1.96 bits per heavy atom. The minimum Gasteiger partial charge on any atom is -0.493 e. The highest BCUT2D eigenvalue weighted by atomic mass is 32.2. The van der Waals surface area contributed by atoms with Crippen LogP contribution in [0.15, 0.2) is 60.9 Å². The van der Waals surface area contributed by atoms with Crippen molar-refractivity contribution < 1.29 is 43.7 Å². The third-order valence-corrected chi connectivity index (χ3v) is 4.23. The topological polar surface area (TPSA) is 52.6 Å². The summed E-state index contributed by atoms with van der Waals surface area (Å²) in [6.45, 7) is -0.138. The highest BCUT2D eigenvalue weighted by molar-refractivity contribution is 7.87. The molecule has 0 saturated carbocycles. The third-order valence-electron chi connectivity index (χ3n) is 3.26. The summed E-state index contributed by atoms with van der Waals surface area (Å²) in [7, 11) is -6.05. The van der Waals surface area contributed by atoms with E-state index in [-0.39, 0.29) is 12.2 Å². The number of halogens is 6. The molecule has 2 aromatic carbocycles. The molecule has 28 heavy (non-hydrogen) atoms. The quantitative estimate of drug-likeness (QED) is 0.280. The van der Waals surface area contributed by atoms with Gasteiger partial charge in [-0.15, -0.1) is 0 Å². The van der Waals surface area contributed by atoms with Gasteiger partial charge in [-0.1, -0.05) is 42.5 Å². The first-order valence-electron chi connectivity index (χ1n) is 7.44. The van der Waals surface area contributed by atoms with E-state index in [4.69, 9.17) is 4.74 Å². The van der Waals surface area contributed by atoms with Crippen LogP contribution in [0.1, 0.15) is 16.7 Å². The zero-order valence-electron chi connectivity index (χ0n) is 13.8. The molecule has 0 aliphatic carbocycles. The van der Waals surface area contributed by atoms with Crippen LogP contribution in [0.5, 0.6) is 0 Å². The number of alkyl halides is 6. The number of hydrogen-bond acceptors (Lipinski definition) is 4. The highest BCUT2D eigenvalue weighted by Gasteiger charge is 2.49. The molecule has 0 radical (unpaired) electrons. The summed E-state index contributed by atoms with van der Waals surface area (Å²) in [6.07, 6.45) is -4.08. The number of ether oxygens (including phenoxy) is 1. The van der Waals surface area contributed by atoms with Crippen molar-refractivity contribution in [2.45, 2.75) is 18.3 Å². The van der Waals surface area contributed by atoms with E-state index in [1.807, 2.05) is 0 Å². The van der Waals surface area contributed by atoms with E-state index in [1.54, 1.807) is 30.3 Å². The maximum Gasteiger partial charge on any atom is 0.534 e. The van der Waals surface area contributed by atoms with Crippen LogP contribution in [0.2, 0.25) is 0 Å². The summed E-state index contributed by atoms with van der Waals surface area (Å²) in [4.78, 5) is 0. The highest BCUT2D eigenvalue weighted by Crippen LogP contribution is 2.32. The summed E-state index contributed by atoms with van der Waals surface area (Å²) < 4.78 is 107. The van der Waals surface area contributed by atoms with Gasteiger partial charge in [0.05, 0.1) is 5.56 Å². The zero-order chi connectivity index (χ0) is 21.0. The minimum atomic E-state index is -6.05. The van der Waals surface area contributed by atoms with Crippen molar-refractivity contribution in [3.8, 4) is 0 Å². The molecule has 0 fully saturated rings. The van der Waals surface area contributed by atoms with Gasteiger partial charge in [0, 0.05) is 5.56 Å². The van der Waals surface area contributed by atoms with Crippen LogP contribution >= 0.6 is 0 Å². The Bertz CT molecular complexity index is 917. The van der Waals surface area contributed by atoms with E-state index in [9.17, 15) is 34.8 Å². The van der Waals surface area contributed by atoms with Crippen molar-refractivity contribution in [3.63, 3.8) is 0 Å². The van der Waals surface area contributed by atoms with Crippen LogP contribution in [-0.2, 0) is 31.8 Å². The molecule has 0 aliphatic heterocycles. The molecule has 0 atom stereocenters. The van der Waals surface area contributed by atoms with E-state index in [2.05, 4.69) is 4.18 Å². The maximum absolute atomic E-state index is 12.6. The lowest BCUT2D eigenvalue weighted by Gasteiger charge is -2.14. The molecule has 0 unspecified atom stereocenters. The molecule has 2 rings (SSSR count). The number of rotatable bonds is 6. The third kappa shape index (κ3) is 5.65. The van der Waals surface area contributed by atoms with Crippen LogP contribution < -0.4 is 0 Å². The summed E-state index contributed by atoms with van der Waals surface area (Å²) in [5.41, 5.74) is -6.53. The van der Waals surface area contributed by atoms with E-state index < -0.39 is 33.1 Å². The Balaban J connectivity index is 2.31. The van der Waals surface area contributed by atoms with Crippen LogP contribution in [0.3, 0.4) is 0 Å². The van der Waals surface area contributed by atoms with Gasteiger partial charge in [0.25, 0.3) is 0 Å². The molecule has 0 amide bonds. The lowest BCUT2D eigenvalue weighted by atomic mass is 10.1. The van der Waals surface area contributed by atoms with Gasteiger partial charge >= 0.3 is 21.8 Å². The average molecular weight is 426 g/mol. The van der Waals surface area contributed by atoms with E-state index in [0.717, 1.165) is 12.1 Å². The van der Waals surface area contributed by atoms with E-state index in [0.29, 0.717) is 24.0 Å². The zero-order valence-corrected chi connectivity index (χ0v) is 14.6. The monoisotopic (exact) mass is 426 g/mol. The van der Waals surface area contributed by atoms with Gasteiger partial charge in [0.15, 0.2) is 5.76 Å². The van der Waals surface area contributed by atoms with Crippen molar-refractivity contribution in [1.29, 1.82) is 0 Å². The Morgan fingerprint density at radius 2 is 1.46 bits per heavy atom. The summed E-state index contributed by atoms with van der Waals surface area (Å²) in [5.74, 6) is -0.915. The Labute approximate surface area is 156 Å². The fourth-order valence-corrected chi connectivity index (χ4v) is 2.38. The van der Waals surface area contributed by atoms with Gasteiger partial charge in [-0.2, -0.15) is 34.8 Å². The molecule has 0 N–H and O–H groups in total. The summed E-state index contributed by atoms with van der Waals surface area (Å²) >= 11 is 0. The summed E-state index contributed by atoms with van der Waals surface area (Å²) in [6, 6.07) is 11.0. The second-order valence-corrected chi connectivity index (χ2v) is 6.87. The average Bonchev–Trinajstić information content (AvgIpc) is 2.60. The smallest absolute Gasteiger partial charge is 0.493 e. The van der Waals surface area contributed by atoms with Crippen LogP contribution in [0.4, 0.5) is 26.3 Å². The SMILES string of the molecule is O=S(=O)(O/C(=C\OCc1ccccc1)c1ccc(C(F)(F)F)cc1)C(F)(F)F. The second-order valence-electron chi connectivity index (χ2n) is 5.34. The van der Waals surface area contributed by atoms with E-state index >= 15 is 0 Å². The molecule has 0 spiro atoms. The van der Waals surface area contributed by atoms with Crippen molar-refractivity contribution in [2.24, 2.45) is 0 Å². The lowest BCUT2D eigenvalue weighted by Crippen LogP contribution is -2.25. The number of benzene rings is 2. The Kier molecular flexibility index (Phi) is 6.27. The standard InChI is InChI=1S/C17H12F6O4S/c18-16(19,20)14-8-6-13(7-9-14)15(27-28(24,25)17(21,22)23)11-26-10-12-4-2-1-3-5-12/h1-9,11H,10H2/b15-11-. The first-order chi connectivity index (χ1) is 12.9. The van der Waals surface area contributed by atoms with Crippen LogP contribution in [0, 0.1) is 0 Å². The van der Waals surface area contributed by atoms with Crippen molar-refractivity contribution in [3.05, 3.63) is 77.5 Å². The van der Waals surface area contributed by atoms with Gasteiger partial charge in [0.2, 0.25) is 0 Å². The minimum absolute atomic E-state index is 0.138. The molecule has 4 nitrogen and oxygen atoms in total. The molecule has 0 aromatic heterocycles. The van der Waals surface area contributed by atoms with Crippen LogP contribution in [0.25, 0.3) is 5.76 Å². The van der Waals surface area contributed by atoms with Gasteiger partial charge in [-0.05, 0) is 17.7 Å². The molecular weight excluding hydrogens is 414 g/mol. The molecule has 2 aromatic rings. The van der Waals surface area contributed by atoms with Crippen molar-refractivity contribution in [1.82, 2.24) is 0 Å². The predicted molar refractivity (Wildman–Crippen MR) is 86.7 cm³/mol. The fraction of sp³-hybridized carbons (Fsp3) is 0.176.